The predicted octanol–water partition coefficient (Wildman–Crippen LogP) is 2.98. The third-order valence-corrected chi connectivity index (χ3v) is 3.38. The zero-order valence-electron chi connectivity index (χ0n) is 11.2. The van der Waals surface area contributed by atoms with Gasteiger partial charge in [-0.3, -0.25) is 14.9 Å². The van der Waals surface area contributed by atoms with Gasteiger partial charge in [-0.1, -0.05) is 18.2 Å². The van der Waals surface area contributed by atoms with Gasteiger partial charge >= 0.3 is 0 Å². The Morgan fingerprint density at radius 2 is 1.95 bits per heavy atom. The number of benzene rings is 2. The first-order valence-electron chi connectivity index (χ1n) is 6.34. The van der Waals surface area contributed by atoms with E-state index in [1.165, 1.54) is 36.4 Å². The number of H-pyrrole nitrogens is 1. The Kier molecular flexibility index (Phi) is 3.10. The van der Waals surface area contributed by atoms with Gasteiger partial charge in [0, 0.05) is 34.2 Å². The van der Waals surface area contributed by atoms with Crippen molar-refractivity contribution < 1.29 is 14.1 Å². The first-order valence-corrected chi connectivity index (χ1v) is 6.34. The summed E-state index contributed by atoms with van der Waals surface area (Å²) < 4.78 is 14.1. The zero-order chi connectivity index (χ0) is 15.9. The molecule has 1 heterocycles. The van der Waals surface area contributed by atoms with Crippen molar-refractivity contribution in [3.63, 3.8) is 0 Å². The molecule has 0 saturated heterocycles. The van der Waals surface area contributed by atoms with E-state index in [4.69, 9.17) is 5.73 Å². The van der Waals surface area contributed by atoms with Crippen LogP contribution in [0, 0.1) is 15.9 Å². The van der Waals surface area contributed by atoms with Gasteiger partial charge in [-0.15, -0.1) is 0 Å². The van der Waals surface area contributed by atoms with Crippen LogP contribution >= 0.6 is 0 Å². The van der Waals surface area contributed by atoms with E-state index in [1.807, 2.05) is 0 Å². The highest BCUT2D eigenvalue weighted by Crippen LogP contribution is 2.35. The van der Waals surface area contributed by atoms with Crippen LogP contribution in [-0.2, 0) is 0 Å². The number of carbonyl (C=O) groups is 1. The Labute approximate surface area is 123 Å². The maximum atomic E-state index is 14.1. The summed E-state index contributed by atoms with van der Waals surface area (Å²) in [6, 6.07) is 9.91. The summed E-state index contributed by atoms with van der Waals surface area (Å²) in [5.41, 5.74) is 6.05. The number of nitro groups is 1. The highest BCUT2D eigenvalue weighted by atomic mass is 19.1. The van der Waals surface area contributed by atoms with Crippen LogP contribution in [0.4, 0.5) is 10.1 Å². The summed E-state index contributed by atoms with van der Waals surface area (Å²) in [5, 5.41) is 11.3. The van der Waals surface area contributed by atoms with Crippen LogP contribution in [0.1, 0.15) is 10.5 Å². The molecule has 22 heavy (non-hydrogen) atoms. The van der Waals surface area contributed by atoms with Crippen LogP contribution in [0.25, 0.3) is 22.0 Å². The maximum absolute atomic E-state index is 14.1. The molecule has 0 radical (unpaired) electrons. The largest absolute Gasteiger partial charge is 0.364 e. The molecule has 1 aromatic heterocycles. The van der Waals surface area contributed by atoms with Crippen molar-refractivity contribution in [3.8, 4) is 11.1 Å². The van der Waals surface area contributed by atoms with Crippen LogP contribution in [0.15, 0.2) is 42.5 Å². The number of fused-ring (bicyclic) bond motifs is 1. The number of amides is 1. The Morgan fingerprint density at radius 1 is 1.23 bits per heavy atom. The molecule has 0 bridgehead atoms. The Bertz CT molecular complexity index is 918. The zero-order valence-corrected chi connectivity index (χ0v) is 11.2. The van der Waals surface area contributed by atoms with Crippen molar-refractivity contribution in [2.75, 3.05) is 0 Å². The van der Waals surface area contributed by atoms with Crippen LogP contribution in [0.5, 0.6) is 0 Å². The number of nitro benzene ring substituents is 1. The van der Waals surface area contributed by atoms with Gasteiger partial charge in [-0.05, 0) is 12.1 Å². The van der Waals surface area contributed by atoms with Crippen molar-refractivity contribution in [3.05, 3.63) is 64.1 Å². The minimum atomic E-state index is -0.767. The fourth-order valence-corrected chi connectivity index (χ4v) is 2.42. The monoisotopic (exact) mass is 299 g/mol. The van der Waals surface area contributed by atoms with E-state index in [1.54, 1.807) is 6.07 Å². The quantitative estimate of drug-likeness (QED) is 0.574. The van der Waals surface area contributed by atoms with Crippen molar-refractivity contribution in [2.24, 2.45) is 5.73 Å². The second-order valence-electron chi connectivity index (χ2n) is 4.71. The molecule has 7 heteroatoms. The first kappa shape index (κ1) is 13.7. The topological polar surface area (TPSA) is 102 Å². The third kappa shape index (κ3) is 2.08. The average molecular weight is 299 g/mol. The number of aromatic amines is 1. The first-order chi connectivity index (χ1) is 10.5. The molecule has 0 spiro atoms. The number of non-ortho nitro benzene ring substituents is 1. The van der Waals surface area contributed by atoms with Crippen molar-refractivity contribution >= 4 is 22.5 Å². The minimum absolute atomic E-state index is 0.0144. The number of hydrogen-bond acceptors (Lipinski definition) is 3. The molecule has 6 nitrogen and oxygen atoms in total. The summed E-state index contributed by atoms with van der Waals surface area (Å²) in [6.45, 7) is 0. The van der Waals surface area contributed by atoms with Crippen molar-refractivity contribution in [1.29, 1.82) is 0 Å². The van der Waals surface area contributed by atoms with E-state index < -0.39 is 16.6 Å². The summed E-state index contributed by atoms with van der Waals surface area (Å²) in [6.07, 6.45) is 0. The van der Waals surface area contributed by atoms with Crippen LogP contribution in [-0.4, -0.2) is 15.8 Å². The average Bonchev–Trinajstić information content (AvgIpc) is 2.86. The van der Waals surface area contributed by atoms with Crippen LogP contribution in [0.3, 0.4) is 0 Å². The lowest BCUT2D eigenvalue weighted by atomic mass is 10.0. The number of aromatic nitrogens is 1. The number of hydrogen-bond donors (Lipinski definition) is 2. The van der Waals surface area contributed by atoms with Crippen molar-refractivity contribution in [2.45, 2.75) is 0 Å². The van der Waals surface area contributed by atoms with Gasteiger partial charge in [0.2, 0.25) is 0 Å². The van der Waals surface area contributed by atoms with Gasteiger partial charge in [0.25, 0.3) is 11.6 Å². The van der Waals surface area contributed by atoms with Crippen LogP contribution < -0.4 is 5.73 Å². The number of nitrogens with zero attached hydrogens (tertiary/aromatic N) is 1. The standard InChI is InChI=1S/C15H10FN3O3/c16-11-4-2-1-3-9(11)13-10-7-8(19(21)22)5-6-12(10)18-14(13)15(17)20/h1-7,18H,(H2,17,20). The molecular formula is C15H10FN3O3. The fourth-order valence-electron chi connectivity index (χ4n) is 2.42. The van der Waals surface area contributed by atoms with E-state index in [9.17, 15) is 19.3 Å². The second kappa shape index (κ2) is 4.96. The molecule has 110 valence electrons. The molecule has 0 saturated carbocycles. The van der Waals surface area contributed by atoms with Gasteiger partial charge in [0.15, 0.2) is 0 Å². The lowest BCUT2D eigenvalue weighted by Gasteiger charge is -2.04. The lowest BCUT2D eigenvalue weighted by molar-refractivity contribution is -0.384. The summed E-state index contributed by atoms with van der Waals surface area (Å²) in [7, 11) is 0. The van der Waals surface area contributed by atoms with Gasteiger partial charge in [-0.2, -0.15) is 0 Å². The Hall–Kier alpha value is -3.22. The molecule has 0 fully saturated rings. The minimum Gasteiger partial charge on any atom is -0.364 e. The van der Waals surface area contributed by atoms with Gasteiger partial charge in [0.1, 0.15) is 11.5 Å². The van der Waals surface area contributed by atoms with E-state index >= 15 is 0 Å². The van der Waals surface area contributed by atoms with Crippen molar-refractivity contribution in [1.82, 2.24) is 4.98 Å². The highest BCUT2D eigenvalue weighted by molar-refractivity contribution is 6.09. The van der Waals surface area contributed by atoms with E-state index in [-0.39, 0.29) is 22.5 Å². The van der Waals surface area contributed by atoms with Gasteiger partial charge < -0.3 is 10.7 Å². The van der Waals surface area contributed by atoms with E-state index in [0.29, 0.717) is 10.9 Å². The maximum Gasteiger partial charge on any atom is 0.270 e. The normalized spacial score (nSPS) is 10.8. The molecule has 0 aliphatic heterocycles. The molecule has 2 aromatic carbocycles. The van der Waals surface area contributed by atoms with E-state index in [0.717, 1.165) is 0 Å². The third-order valence-electron chi connectivity index (χ3n) is 3.38. The fraction of sp³-hybridized carbons (Fsp3) is 0. The van der Waals surface area contributed by atoms with Crippen LogP contribution in [0.2, 0.25) is 0 Å². The molecule has 1 amide bonds. The smallest absolute Gasteiger partial charge is 0.270 e. The molecular weight excluding hydrogens is 289 g/mol. The number of nitrogens with two attached hydrogens (primary N) is 1. The SMILES string of the molecule is NC(=O)c1[nH]c2ccc([N+](=O)[O-])cc2c1-c1ccccc1F. The molecule has 0 atom stereocenters. The number of nitrogens with one attached hydrogen (secondary N) is 1. The number of carbonyl (C=O) groups excluding carboxylic acids is 1. The summed E-state index contributed by atoms with van der Waals surface area (Å²) >= 11 is 0. The Balaban J connectivity index is 2.41. The molecule has 3 N–H and O–H groups in total. The summed E-state index contributed by atoms with van der Waals surface area (Å²) in [4.78, 5) is 24.8. The molecule has 3 aromatic rings. The van der Waals surface area contributed by atoms with Gasteiger partial charge in [0.05, 0.1) is 4.92 Å². The second-order valence-corrected chi connectivity index (χ2v) is 4.71. The number of rotatable bonds is 3. The Morgan fingerprint density at radius 3 is 2.59 bits per heavy atom. The predicted molar refractivity (Wildman–Crippen MR) is 78.9 cm³/mol. The van der Waals surface area contributed by atoms with Gasteiger partial charge in [-0.25, -0.2) is 4.39 Å². The molecule has 0 unspecified atom stereocenters. The highest BCUT2D eigenvalue weighted by Gasteiger charge is 2.21. The van der Waals surface area contributed by atoms with E-state index in [2.05, 4.69) is 4.98 Å². The number of primary amides is 1. The summed E-state index contributed by atoms with van der Waals surface area (Å²) in [5.74, 6) is -1.31. The molecule has 3 rings (SSSR count). The number of halogens is 1. The molecule has 0 aliphatic rings. The lowest BCUT2D eigenvalue weighted by Crippen LogP contribution is -2.12. The molecule has 0 aliphatic carbocycles.